The average Bonchev–Trinajstić information content (AvgIpc) is 3.90. The van der Waals surface area contributed by atoms with Crippen molar-refractivity contribution in [2.24, 2.45) is 5.92 Å². The number of pyridine rings is 2. The molecule has 10 nitrogen and oxygen atoms in total. The van der Waals surface area contributed by atoms with Gasteiger partial charge in [-0.05, 0) is 48.9 Å². The number of fused-ring (bicyclic) bond motifs is 1. The van der Waals surface area contributed by atoms with Crippen molar-refractivity contribution in [2.75, 3.05) is 20.2 Å². The number of carbonyl (C=O) groups excluding carboxylic acids is 1. The molecule has 0 radical (unpaired) electrons. The predicted molar refractivity (Wildman–Crippen MR) is 195 cm³/mol. The van der Waals surface area contributed by atoms with Crippen LogP contribution >= 0.6 is 23.2 Å². The lowest BCUT2D eigenvalue weighted by atomic mass is 9.97. The minimum Gasteiger partial charge on any atom is -0.481 e. The van der Waals surface area contributed by atoms with E-state index in [0.29, 0.717) is 71.3 Å². The minimum absolute atomic E-state index is 0.0939. The summed E-state index contributed by atoms with van der Waals surface area (Å²) in [4.78, 5) is 34.1. The van der Waals surface area contributed by atoms with Gasteiger partial charge in [-0.1, -0.05) is 65.7 Å². The molecule has 2 fully saturated rings. The molecule has 0 bridgehead atoms. The van der Waals surface area contributed by atoms with Crippen LogP contribution in [0.4, 0.5) is 0 Å². The topological polar surface area (TPSA) is 130 Å². The van der Waals surface area contributed by atoms with Gasteiger partial charge in [0.2, 0.25) is 11.8 Å². The zero-order chi connectivity index (χ0) is 34.8. The first-order valence-electron chi connectivity index (χ1n) is 16.8. The number of aliphatic hydroxyl groups excluding tert-OH is 1. The van der Waals surface area contributed by atoms with Gasteiger partial charge in [0.15, 0.2) is 0 Å². The smallest absolute Gasteiger partial charge is 0.262 e. The highest BCUT2D eigenvalue weighted by Gasteiger charge is 2.29. The Morgan fingerprint density at radius 1 is 0.940 bits per heavy atom. The van der Waals surface area contributed by atoms with Crippen molar-refractivity contribution in [3.05, 3.63) is 105 Å². The Balaban J connectivity index is 1.11. The highest BCUT2D eigenvalue weighted by atomic mass is 35.5. The van der Waals surface area contributed by atoms with Gasteiger partial charge in [0.1, 0.15) is 5.65 Å². The third kappa shape index (κ3) is 7.26. The van der Waals surface area contributed by atoms with Gasteiger partial charge in [0.25, 0.3) is 5.56 Å². The van der Waals surface area contributed by atoms with Gasteiger partial charge >= 0.3 is 0 Å². The second-order valence-electron chi connectivity index (χ2n) is 12.9. The number of nitrogens with one attached hydrogen (secondary N) is 3. The van der Waals surface area contributed by atoms with Crippen molar-refractivity contribution in [1.82, 2.24) is 30.3 Å². The number of amides is 1. The molecule has 12 heteroatoms. The van der Waals surface area contributed by atoms with Crippen molar-refractivity contribution in [1.29, 1.82) is 0 Å². The first kappa shape index (κ1) is 34.1. The van der Waals surface area contributed by atoms with Crippen LogP contribution in [-0.4, -0.2) is 57.7 Å². The van der Waals surface area contributed by atoms with E-state index in [-0.39, 0.29) is 23.6 Å². The van der Waals surface area contributed by atoms with Crippen LogP contribution in [-0.2, 0) is 17.9 Å². The van der Waals surface area contributed by atoms with E-state index in [4.69, 9.17) is 32.9 Å². The maximum atomic E-state index is 13.2. The average molecular weight is 714 g/mol. The molecule has 1 amide bonds. The van der Waals surface area contributed by atoms with Gasteiger partial charge in [-0.15, -0.1) is 0 Å². The molecule has 3 aromatic heterocycles. The summed E-state index contributed by atoms with van der Waals surface area (Å²) < 4.78 is 7.16. The largest absolute Gasteiger partial charge is 0.481 e. The lowest BCUT2D eigenvalue weighted by Gasteiger charge is -2.16. The van der Waals surface area contributed by atoms with E-state index < -0.39 is 0 Å². The molecular weight excluding hydrogens is 675 g/mol. The van der Waals surface area contributed by atoms with E-state index >= 15 is 0 Å². The summed E-state index contributed by atoms with van der Waals surface area (Å²) in [7, 11) is 1.59. The summed E-state index contributed by atoms with van der Waals surface area (Å²) in [6.45, 7) is 2.00. The molecule has 2 aromatic carbocycles. The fraction of sp³-hybridized carbons (Fsp3) is 0.316. The van der Waals surface area contributed by atoms with E-state index in [1.54, 1.807) is 19.5 Å². The molecule has 4 N–H and O–H groups in total. The van der Waals surface area contributed by atoms with Crippen molar-refractivity contribution < 1.29 is 14.6 Å². The lowest BCUT2D eigenvalue weighted by Crippen LogP contribution is -2.35. The zero-order valence-corrected chi connectivity index (χ0v) is 29.1. The van der Waals surface area contributed by atoms with Crippen LogP contribution in [0.15, 0.2) is 77.9 Å². The second kappa shape index (κ2) is 14.9. The Morgan fingerprint density at radius 2 is 1.66 bits per heavy atom. The van der Waals surface area contributed by atoms with Crippen LogP contribution in [0.5, 0.6) is 5.88 Å². The van der Waals surface area contributed by atoms with Crippen molar-refractivity contribution in [3.63, 3.8) is 0 Å². The molecule has 4 heterocycles. The number of aliphatic hydroxyl groups is 1. The summed E-state index contributed by atoms with van der Waals surface area (Å²) in [6.07, 6.45) is 6.43. The molecule has 1 saturated carbocycles. The fourth-order valence-corrected chi connectivity index (χ4v) is 7.11. The molecule has 5 aromatic rings. The maximum Gasteiger partial charge on any atom is 0.262 e. The van der Waals surface area contributed by atoms with Gasteiger partial charge in [-0.25, -0.2) is 9.97 Å². The van der Waals surface area contributed by atoms with Gasteiger partial charge in [0, 0.05) is 84.4 Å². The van der Waals surface area contributed by atoms with Crippen LogP contribution in [0.1, 0.15) is 36.8 Å². The van der Waals surface area contributed by atoms with Crippen LogP contribution in [0.3, 0.4) is 0 Å². The van der Waals surface area contributed by atoms with Gasteiger partial charge in [0.05, 0.1) is 29.0 Å². The number of benzene rings is 2. The molecule has 2 aliphatic rings. The zero-order valence-electron chi connectivity index (χ0n) is 27.6. The number of rotatable bonds is 13. The Morgan fingerprint density at radius 3 is 2.38 bits per heavy atom. The van der Waals surface area contributed by atoms with Gasteiger partial charge in [-0.2, -0.15) is 0 Å². The normalized spacial score (nSPS) is 16.5. The summed E-state index contributed by atoms with van der Waals surface area (Å²) >= 11 is 14.2. The van der Waals surface area contributed by atoms with Crippen molar-refractivity contribution >= 4 is 34.8 Å². The highest BCUT2D eigenvalue weighted by molar-refractivity contribution is 6.39. The number of nitrogens with zero attached hydrogens (tertiary/aromatic N) is 3. The monoisotopic (exact) mass is 712 g/mol. The first-order valence-corrected chi connectivity index (χ1v) is 17.6. The molecular formula is C38H38Cl2N6O4. The molecule has 0 unspecified atom stereocenters. The van der Waals surface area contributed by atoms with Crippen LogP contribution in [0.2, 0.25) is 10.0 Å². The molecule has 50 heavy (non-hydrogen) atoms. The molecule has 1 aliphatic heterocycles. The van der Waals surface area contributed by atoms with E-state index in [1.165, 1.54) is 4.40 Å². The molecule has 258 valence electrons. The van der Waals surface area contributed by atoms with E-state index in [2.05, 4.69) is 20.9 Å². The minimum atomic E-state index is -0.383. The summed E-state index contributed by atoms with van der Waals surface area (Å²) in [5, 5.41) is 20.7. The Hall–Kier alpha value is -4.32. The molecule has 7 rings (SSSR count). The quantitative estimate of drug-likeness (QED) is 0.124. The summed E-state index contributed by atoms with van der Waals surface area (Å²) in [5.41, 5.74) is 6.24. The fourth-order valence-electron chi connectivity index (χ4n) is 6.45. The van der Waals surface area contributed by atoms with Crippen molar-refractivity contribution in [3.8, 4) is 39.4 Å². The first-order chi connectivity index (χ1) is 24.3. The summed E-state index contributed by atoms with van der Waals surface area (Å²) in [6, 6.07) is 19.3. The molecule has 1 aliphatic carbocycles. The number of methoxy groups -OCH3 is 1. The number of hydrogen-bond donors (Lipinski definition) is 4. The highest BCUT2D eigenvalue weighted by Crippen LogP contribution is 2.42. The van der Waals surface area contributed by atoms with Crippen LogP contribution in [0, 0.1) is 5.92 Å². The standard InChI is InChI=1S/C38H38Cl2N6O4/c1-50-37-24(17-41-20-26-11-13-34(48)44-26)10-12-31(45-37)30-7-3-6-29(36(30)40)28-5-2-4-27(35(28)39)23-14-15-46-33(16-23)43-19-25(38(46)49)18-42-21-32(47)22-8-9-22/h2-7,10,12,14-16,19,22,26,32,41-42,47H,8-9,11,13,17-18,20-21H2,1H3,(H,44,48)/t26-,32-/m1/s1. The Bertz CT molecular complexity index is 2120. The van der Waals surface area contributed by atoms with E-state index in [9.17, 15) is 14.7 Å². The second-order valence-corrected chi connectivity index (χ2v) is 13.7. The van der Waals surface area contributed by atoms with Crippen LogP contribution < -0.4 is 26.2 Å². The van der Waals surface area contributed by atoms with Crippen molar-refractivity contribution in [2.45, 2.75) is 50.9 Å². The predicted octanol–water partition coefficient (Wildman–Crippen LogP) is 5.63. The number of aromatic nitrogens is 3. The summed E-state index contributed by atoms with van der Waals surface area (Å²) in [5.74, 6) is 0.956. The lowest BCUT2D eigenvalue weighted by molar-refractivity contribution is -0.119. The van der Waals surface area contributed by atoms with Gasteiger partial charge < -0.3 is 25.8 Å². The third-order valence-corrected chi connectivity index (χ3v) is 10.2. The van der Waals surface area contributed by atoms with Crippen LogP contribution in [0.25, 0.3) is 39.2 Å². The number of carbonyl (C=O) groups is 1. The molecule has 1 saturated heterocycles. The Labute approximate surface area is 299 Å². The number of halogens is 2. The third-order valence-electron chi connectivity index (χ3n) is 9.41. The van der Waals surface area contributed by atoms with Gasteiger partial charge in [-0.3, -0.25) is 14.0 Å². The molecule has 0 spiro atoms. The maximum absolute atomic E-state index is 13.2. The van der Waals surface area contributed by atoms with E-state index in [1.807, 2.05) is 60.7 Å². The number of hydrogen-bond acceptors (Lipinski definition) is 8. The molecule has 2 atom stereocenters. The number of ether oxygens (including phenoxy) is 1. The Kier molecular flexibility index (Phi) is 10.2. The van der Waals surface area contributed by atoms with E-state index in [0.717, 1.165) is 52.6 Å². The SMILES string of the molecule is COc1nc(-c2cccc(-c3cccc(-c4ccn5c(=O)c(CNC[C@@H](O)C6CC6)cnc5c4)c3Cl)c2Cl)ccc1CNC[C@H]1CCC(=O)N1.